The summed E-state index contributed by atoms with van der Waals surface area (Å²) in [7, 11) is 0. The van der Waals surface area contributed by atoms with Crippen molar-refractivity contribution in [2.45, 2.75) is 19.6 Å². The van der Waals surface area contributed by atoms with Crippen LogP contribution in [0.4, 0.5) is 18.9 Å². The van der Waals surface area contributed by atoms with Crippen LogP contribution in [-0.2, 0) is 12.7 Å². The average Bonchev–Trinajstić information content (AvgIpc) is 2.40. The Labute approximate surface area is 134 Å². The van der Waals surface area contributed by atoms with Gasteiger partial charge in [0.2, 0.25) is 0 Å². The van der Waals surface area contributed by atoms with Crippen LogP contribution in [0.15, 0.2) is 40.9 Å². The van der Waals surface area contributed by atoms with Crippen molar-refractivity contribution in [1.82, 2.24) is 0 Å². The maximum Gasteiger partial charge on any atom is 0.417 e. The largest absolute Gasteiger partial charge is 0.417 e. The summed E-state index contributed by atoms with van der Waals surface area (Å²) in [4.78, 5) is 0. The van der Waals surface area contributed by atoms with Crippen molar-refractivity contribution in [3.63, 3.8) is 0 Å². The molecular formula is C15H12BrClF3N. The van der Waals surface area contributed by atoms with E-state index >= 15 is 0 Å². The quantitative estimate of drug-likeness (QED) is 0.686. The number of rotatable bonds is 3. The van der Waals surface area contributed by atoms with E-state index in [0.29, 0.717) is 12.2 Å². The molecule has 1 N–H and O–H groups in total. The third kappa shape index (κ3) is 4.14. The Balaban J connectivity index is 2.15. The Bertz CT molecular complexity index is 656. The van der Waals surface area contributed by atoms with Crippen molar-refractivity contribution in [2.24, 2.45) is 0 Å². The predicted octanol–water partition coefficient (Wildman–Crippen LogP) is 6.04. The van der Waals surface area contributed by atoms with E-state index in [1.165, 1.54) is 12.1 Å². The molecule has 0 saturated heterocycles. The van der Waals surface area contributed by atoms with Gasteiger partial charge in [-0.3, -0.25) is 0 Å². The molecule has 0 bridgehead atoms. The van der Waals surface area contributed by atoms with E-state index < -0.39 is 11.7 Å². The van der Waals surface area contributed by atoms with E-state index in [-0.39, 0.29) is 5.02 Å². The smallest absolute Gasteiger partial charge is 0.381 e. The number of aryl methyl sites for hydroxylation is 1. The third-order valence-electron chi connectivity index (χ3n) is 3.00. The highest BCUT2D eigenvalue weighted by atomic mass is 79.9. The van der Waals surface area contributed by atoms with Gasteiger partial charge in [0, 0.05) is 16.7 Å². The fraction of sp³-hybridized carbons (Fsp3) is 0.200. The minimum atomic E-state index is -4.46. The van der Waals surface area contributed by atoms with Crippen LogP contribution in [0.3, 0.4) is 0 Å². The zero-order chi connectivity index (χ0) is 15.6. The molecule has 1 nitrogen and oxygen atoms in total. The fourth-order valence-electron chi connectivity index (χ4n) is 1.80. The summed E-state index contributed by atoms with van der Waals surface area (Å²) in [5.74, 6) is 0. The molecule has 0 saturated carbocycles. The van der Waals surface area contributed by atoms with E-state index in [1.807, 2.05) is 25.1 Å². The number of benzene rings is 2. The summed E-state index contributed by atoms with van der Waals surface area (Å²) in [5, 5.41) is 2.67. The molecule has 0 aliphatic rings. The monoisotopic (exact) mass is 377 g/mol. The predicted molar refractivity (Wildman–Crippen MR) is 82.7 cm³/mol. The van der Waals surface area contributed by atoms with Crippen LogP contribution in [-0.4, -0.2) is 0 Å². The van der Waals surface area contributed by atoms with Gasteiger partial charge in [0.1, 0.15) is 0 Å². The zero-order valence-corrected chi connectivity index (χ0v) is 13.4. The Morgan fingerprint density at radius 2 is 1.86 bits per heavy atom. The molecule has 0 heterocycles. The number of hydrogen-bond acceptors (Lipinski definition) is 1. The molecule has 2 aromatic rings. The fourth-order valence-corrected chi connectivity index (χ4v) is 2.45. The second kappa shape index (κ2) is 6.28. The van der Waals surface area contributed by atoms with Crippen LogP contribution >= 0.6 is 27.5 Å². The van der Waals surface area contributed by atoms with Gasteiger partial charge < -0.3 is 5.32 Å². The highest BCUT2D eigenvalue weighted by Crippen LogP contribution is 2.36. The molecule has 0 atom stereocenters. The Hall–Kier alpha value is -1.20. The molecule has 0 spiro atoms. The van der Waals surface area contributed by atoms with E-state index in [1.54, 1.807) is 0 Å². The first-order valence-electron chi connectivity index (χ1n) is 6.13. The first-order valence-corrected chi connectivity index (χ1v) is 7.30. The minimum Gasteiger partial charge on any atom is -0.381 e. The topological polar surface area (TPSA) is 12.0 Å². The van der Waals surface area contributed by atoms with Crippen molar-refractivity contribution in [1.29, 1.82) is 0 Å². The lowest BCUT2D eigenvalue weighted by atomic mass is 10.1. The number of halogens is 5. The summed E-state index contributed by atoms with van der Waals surface area (Å²) in [6.07, 6.45) is -4.46. The van der Waals surface area contributed by atoms with Crippen molar-refractivity contribution in [3.05, 3.63) is 62.6 Å². The van der Waals surface area contributed by atoms with Crippen LogP contribution < -0.4 is 5.32 Å². The van der Waals surface area contributed by atoms with Crippen LogP contribution in [0.1, 0.15) is 16.7 Å². The first kappa shape index (κ1) is 16.2. The molecule has 0 amide bonds. The van der Waals surface area contributed by atoms with Gasteiger partial charge in [-0.15, -0.1) is 0 Å². The van der Waals surface area contributed by atoms with E-state index in [0.717, 1.165) is 21.7 Å². The standard InChI is InChI=1S/C15H12BrClF3N/c1-9-2-3-10(6-13(9)16)8-21-11-4-5-14(17)12(7-11)15(18,19)20/h2-7,21H,8H2,1H3. The van der Waals surface area contributed by atoms with Crippen molar-refractivity contribution < 1.29 is 13.2 Å². The molecule has 0 aliphatic heterocycles. The minimum absolute atomic E-state index is 0.300. The molecule has 0 radical (unpaired) electrons. The number of nitrogens with one attached hydrogen (secondary N) is 1. The van der Waals surface area contributed by atoms with Gasteiger partial charge in [-0.25, -0.2) is 0 Å². The van der Waals surface area contributed by atoms with Crippen LogP contribution in [0.25, 0.3) is 0 Å². The van der Waals surface area contributed by atoms with Crippen LogP contribution in [0.5, 0.6) is 0 Å². The average molecular weight is 379 g/mol. The molecule has 0 unspecified atom stereocenters. The lowest BCUT2D eigenvalue weighted by Gasteiger charge is -2.12. The lowest BCUT2D eigenvalue weighted by molar-refractivity contribution is -0.137. The van der Waals surface area contributed by atoms with E-state index in [9.17, 15) is 13.2 Å². The second-order valence-electron chi connectivity index (χ2n) is 4.63. The van der Waals surface area contributed by atoms with Gasteiger partial charge in [-0.1, -0.05) is 39.7 Å². The van der Waals surface area contributed by atoms with Gasteiger partial charge in [0.05, 0.1) is 10.6 Å². The third-order valence-corrected chi connectivity index (χ3v) is 4.19. The Kier molecular flexibility index (Phi) is 4.84. The summed E-state index contributed by atoms with van der Waals surface area (Å²) < 4.78 is 39.3. The molecule has 21 heavy (non-hydrogen) atoms. The summed E-state index contributed by atoms with van der Waals surface area (Å²) in [6, 6.07) is 9.60. The number of hydrogen-bond donors (Lipinski definition) is 1. The lowest BCUT2D eigenvalue weighted by Crippen LogP contribution is -2.07. The highest BCUT2D eigenvalue weighted by Gasteiger charge is 2.33. The van der Waals surface area contributed by atoms with Gasteiger partial charge >= 0.3 is 6.18 Å². The van der Waals surface area contributed by atoms with Gasteiger partial charge in [-0.2, -0.15) is 13.2 Å². The van der Waals surface area contributed by atoms with Gasteiger partial charge in [0.25, 0.3) is 0 Å². The van der Waals surface area contributed by atoms with E-state index in [4.69, 9.17) is 11.6 Å². The van der Waals surface area contributed by atoms with Crippen molar-refractivity contribution in [3.8, 4) is 0 Å². The molecule has 2 rings (SSSR count). The summed E-state index contributed by atoms with van der Waals surface area (Å²) in [6.45, 7) is 2.40. The maximum absolute atomic E-state index is 12.8. The number of anilines is 1. The Morgan fingerprint density at radius 3 is 2.48 bits per heavy atom. The summed E-state index contributed by atoms with van der Waals surface area (Å²) >= 11 is 9.01. The Morgan fingerprint density at radius 1 is 1.14 bits per heavy atom. The number of alkyl halides is 3. The van der Waals surface area contributed by atoms with Crippen LogP contribution in [0.2, 0.25) is 5.02 Å². The maximum atomic E-state index is 12.8. The first-order chi connectivity index (χ1) is 9.77. The molecule has 0 fully saturated rings. The van der Waals surface area contributed by atoms with Crippen molar-refractivity contribution in [2.75, 3.05) is 5.32 Å². The van der Waals surface area contributed by atoms with Crippen molar-refractivity contribution >= 4 is 33.2 Å². The molecule has 112 valence electrons. The molecular weight excluding hydrogens is 367 g/mol. The second-order valence-corrected chi connectivity index (χ2v) is 5.89. The highest BCUT2D eigenvalue weighted by molar-refractivity contribution is 9.10. The zero-order valence-electron chi connectivity index (χ0n) is 11.1. The van der Waals surface area contributed by atoms with Crippen LogP contribution in [0, 0.1) is 6.92 Å². The SMILES string of the molecule is Cc1ccc(CNc2ccc(Cl)c(C(F)(F)F)c2)cc1Br. The normalized spacial score (nSPS) is 11.5. The molecule has 0 aliphatic carbocycles. The van der Waals surface area contributed by atoms with Gasteiger partial charge in [0.15, 0.2) is 0 Å². The van der Waals surface area contributed by atoms with E-state index in [2.05, 4.69) is 21.2 Å². The molecule has 6 heteroatoms. The molecule has 2 aromatic carbocycles. The molecule has 0 aromatic heterocycles. The summed E-state index contributed by atoms with van der Waals surface area (Å²) in [5.41, 5.74) is 1.61. The van der Waals surface area contributed by atoms with Gasteiger partial charge in [-0.05, 0) is 42.3 Å².